The van der Waals surface area contributed by atoms with E-state index in [-0.39, 0.29) is 5.92 Å². The normalized spacial score (nSPS) is 14.3. The summed E-state index contributed by atoms with van der Waals surface area (Å²) in [5, 5.41) is 6.85. The average molecular weight is 705 g/mol. The van der Waals surface area contributed by atoms with Crippen molar-refractivity contribution in [3.8, 4) is 34.0 Å². The number of imidazole rings is 1. The van der Waals surface area contributed by atoms with E-state index in [2.05, 4.69) is 156 Å². The van der Waals surface area contributed by atoms with Crippen molar-refractivity contribution >= 4 is 54.7 Å². The van der Waals surface area contributed by atoms with Crippen LogP contribution in [0.5, 0.6) is 0 Å². The first-order valence-electron chi connectivity index (χ1n) is 18.6. The molecular formula is C49H32N6. The van der Waals surface area contributed by atoms with Gasteiger partial charge in [-0.25, -0.2) is 24.9 Å². The second-order valence-electron chi connectivity index (χ2n) is 14.2. The van der Waals surface area contributed by atoms with Gasteiger partial charge in [-0.15, -0.1) is 0 Å². The second-order valence-corrected chi connectivity index (χ2v) is 14.2. The van der Waals surface area contributed by atoms with Gasteiger partial charge in [0, 0.05) is 39.6 Å². The monoisotopic (exact) mass is 704 g/mol. The Hall–Kier alpha value is -7.31. The van der Waals surface area contributed by atoms with Crippen molar-refractivity contribution < 1.29 is 0 Å². The summed E-state index contributed by atoms with van der Waals surface area (Å²) in [4.78, 5) is 25.7. The van der Waals surface area contributed by atoms with Gasteiger partial charge in [0.25, 0.3) is 0 Å². The average Bonchev–Trinajstić information content (AvgIpc) is 3.64. The first-order chi connectivity index (χ1) is 27.2. The third-order valence-corrected chi connectivity index (χ3v) is 10.7. The molecule has 6 aromatic carbocycles. The lowest BCUT2D eigenvalue weighted by molar-refractivity contribution is 0.773. The largest absolute Gasteiger partial charge is 0.284 e. The molecule has 0 bridgehead atoms. The highest BCUT2D eigenvalue weighted by atomic mass is 15.1. The molecule has 11 rings (SSSR count). The summed E-state index contributed by atoms with van der Waals surface area (Å²) in [7, 11) is 0. The summed E-state index contributed by atoms with van der Waals surface area (Å²) in [6.45, 7) is 0. The van der Waals surface area contributed by atoms with Crippen LogP contribution >= 0.6 is 0 Å². The van der Waals surface area contributed by atoms with E-state index in [9.17, 15) is 0 Å². The molecule has 10 aromatic rings. The fraction of sp³-hybridized carbons (Fsp3) is 0.0408. The Balaban J connectivity index is 0.992. The van der Waals surface area contributed by atoms with Crippen LogP contribution in [0, 0.1) is 0 Å². The minimum absolute atomic E-state index is 0.0430. The van der Waals surface area contributed by atoms with Gasteiger partial charge in [0.2, 0.25) is 0 Å². The van der Waals surface area contributed by atoms with Crippen molar-refractivity contribution in [2.24, 2.45) is 0 Å². The summed E-state index contributed by atoms with van der Waals surface area (Å²) in [5.74, 6) is 2.06. The summed E-state index contributed by atoms with van der Waals surface area (Å²) in [6.07, 6.45) is 9.35. The molecule has 55 heavy (non-hydrogen) atoms. The molecule has 258 valence electrons. The summed E-state index contributed by atoms with van der Waals surface area (Å²) in [6, 6.07) is 52.9. The number of aromatic nitrogens is 6. The standard InChI is InChI=1S/C49H32N6/c1-3-13-33-28-39(24-22-31(33)11-1)47-52-46(53-48(54-47)40-25-23-32-12-2-4-14-34(32)29-40)38-18-10-16-36(30-38)35-15-9-17-37(27-35)44-41-19-5-6-20-42(41)45-49(51-44)55-26-8-7-21-43(55)50-45/h1-29,38H,30H2. The highest BCUT2D eigenvalue weighted by Gasteiger charge is 2.22. The van der Waals surface area contributed by atoms with Gasteiger partial charge in [0.15, 0.2) is 17.3 Å². The van der Waals surface area contributed by atoms with E-state index < -0.39 is 0 Å². The molecular weight excluding hydrogens is 673 g/mol. The summed E-state index contributed by atoms with van der Waals surface area (Å²) < 4.78 is 2.07. The maximum absolute atomic E-state index is 5.27. The van der Waals surface area contributed by atoms with Gasteiger partial charge < -0.3 is 0 Å². The quantitative estimate of drug-likeness (QED) is 0.178. The zero-order chi connectivity index (χ0) is 36.3. The molecule has 4 heterocycles. The van der Waals surface area contributed by atoms with E-state index >= 15 is 0 Å². The predicted octanol–water partition coefficient (Wildman–Crippen LogP) is 11.7. The molecule has 0 radical (unpaired) electrons. The second kappa shape index (κ2) is 12.7. The van der Waals surface area contributed by atoms with Crippen LogP contribution < -0.4 is 0 Å². The van der Waals surface area contributed by atoms with Crippen molar-refractivity contribution in [3.05, 3.63) is 187 Å². The molecule has 0 spiro atoms. The fourth-order valence-corrected chi connectivity index (χ4v) is 7.96. The Bertz CT molecular complexity index is 3110. The molecule has 0 saturated heterocycles. The number of hydrogen-bond donors (Lipinski definition) is 0. The molecule has 1 aliphatic carbocycles. The third-order valence-electron chi connectivity index (χ3n) is 10.7. The van der Waals surface area contributed by atoms with E-state index in [1.54, 1.807) is 0 Å². The van der Waals surface area contributed by atoms with E-state index in [1.807, 2.05) is 24.4 Å². The number of pyridine rings is 2. The van der Waals surface area contributed by atoms with Gasteiger partial charge in [-0.05, 0) is 69.4 Å². The lowest BCUT2D eigenvalue weighted by Crippen LogP contribution is -2.09. The van der Waals surface area contributed by atoms with Crippen molar-refractivity contribution in [2.45, 2.75) is 12.3 Å². The van der Waals surface area contributed by atoms with Gasteiger partial charge in [-0.3, -0.25) is 4.40 Å². The number of hydrogen-bond acceptors (Lipinski definition) is 5. The number of rotatable bonds is 5. The van der Waals surface area contributed by atoms with Crippen LogP contribution in [0.1, 0.15) is 23.7 Å². The molecule has 6 heteroatoms. The topological polar surface area (TPSA) is 68.9 Å². The van der Waals surface area contributed by atoms with Crippen LogP contribution in [0.25, 0.3) is 88.7 Å². The van der Waals surface area contributed by atoms with Crippen molar-refractivity contribution in [1.29, 1.82) is 0 Å². The van der Waals surface area contributed by atoms with Gasteiger partial charge in [0.1, 0.15) is 17.0 Å². The van der Waals surface area contributed by atoms with Gasteiger partial charge in [-0.1, -0.05) is 140 Å². The molecule has 0 N–H and O–H groups in total. The van der Waals surface area contributed by atoms with Gasteiger partial charge >= 0.3 is 0 Å². The minimum atomic E-state index is -0.0430. The van der Waals surface area contributed by atoms with E-state index in [0.717, 1.165) is 78.5 Å². The first kappa shape index (κ1) is 31.2. The van der Waals surface area contributed by atoms with Gasteiger partial charge in [0.05, 0.1) is 5.69 Å². The van der Waals surface area contributed by atoms with Crippen molar-refractivity contribution in [2.75, 3.05) is 0 Å². The molecule has 0 fully saturated rings. The van der Waals surface area contributed by atoms with Crippen LogP contribution in [-0.2, 0) is 0 Å². The minimum Gasteiger partial charge on any atom is -0.284 e. The molecule has 1 atom stereocenters. The lowest BCUT2D eigenvalue weighted by atomic mass is 9.88. The van der Waals surface area contributed by atoms with Crippen LogP contribution in [0.4, 0.5) is 0 Å². The molecule has 6 nitrogen and oxygen atoms in total. The maximum atomic E-state index is 5.27. The van der Waals surface area contributed by atoms with Crippen molar-refractivity contribution in [3.63, 3.8) is 0 Å². The molecule has 0 saturated carbocycles. The van der Waals surface area contributed by atoms with Crippen molar-refractivity contribution in [1.82, 2.24) is 29.3 Å². The third kappa shape index (κ3) is 5.46. The fourth-order valence-electron chi connectivity index (χ4n) is 7.96. The molecule has 1 unspecified atom stereocenters. The Morgan fingerprint density at radius 1 is 0.491 bits per heavy atom. The Morgan fingerprint density at radius 3 is 1.89 bits per heavy atom. The van der Waals surface area contributed by atoms with Crippen LogP contribution in [0.15, 0.2) is 176 Å². The first-order valence-corrected chi connectivity index (χ1v) is 18.6. The number of nitrogens with zero attached hydrogens (tertiary/aromatic N) is 6. The Morgan fingerprint density at radius 2 is 1.15 bits per heavy atom. The van der Waals surface area contributed by atoms with E-state index in [1.165, 1.54) is 16.3 Å². The van der Waals surface area contributed by atoms with Crippen LogP contribution in [0.3, 0.4) is 0 Å². The molecule has 1 aliphatic rings. The summed E-state index contributed by atoms with van der Waals surface area (Å²) in [5.41, 5.74) is 8.95. The van der Waals surface area contributed by atoms with E-state index in [4.69, 9.17) is 24.9 Å². The maximum Gasteiger partial charge on any atom is 0.165 e. The Labute approximate surface area is 316 Å². The molecule has 0 amide bonds. The predicted molar refractivity (Wildman–Crippen MR) is 224 cm³/mol. The van der Waals surface area contributed by atoms with Crippen LogP contribution in [0.2, 0.25) is 0 Å². The molecule has 4 aromatic heterocycles. The zero-order valence-corrected chi connectivity index (χ0v) is 29.7. The summed E-state index contributed by atoms with van der Waals surface area (Å²) >= 11 is 0. The highest BCUT2D eigenvalue weighted by molar-refractivity contribution is 6.09. The highest BCUT2D eigenvalue weighted by Crippen LogP contribution is 2.38. The zero-order valence-electron chi connectivity index (χ0n) is 29.7. The lowest BCUT2D eigenvalue weighted by Gasteiger charge is -2.20. The SMILES string of the molecule is C1=CC(c2nc(-c3ccc4ccccc4c3)nc(-c3ccc4ccccc4c3)n2)CC(c2cccc(-c3nc4c(nc5ccccn54)c4ccccc34)c2)=C1. The Kier molecular flexibility index (Phi) is 7.20. The number of benzene rings is 6. The van der Waals surface area contributed by atoms with E-state index in [0.29, 0.717) is 11.6 Å². The molecule has 0 aliphatic heterocycles. The van der Waals surface area contributed by atoms with Gasteiger partial charge in [-0.2, -0.15) is 0 Å². The number of allylic oxidation sites excluding steroid dienone is 4. The smallest absolute Gasteiger partial charge is 0.165 e. The number of fused-ring (bicyclic) bond motifs is 7. The van der Waals surface area contributed by atoms with Crippen LogP contribution in [-0.4, -0.2) is 29.3 Å².